The fourth-order valence-corrected chi connectivity index (χ4v) is 4.80. The summed E-state index contributed by atoms with van der Waals surface area (Å²) in [6.45, 7) is 9.24. The monoisotopic (exact) mass is 411 g/mol. The molecule has 2 fully saturated rings. The van der Waals surface area contributed by atoms with Crippen LogP contribution >= 0.6 is 0 Å². The molecule has 0 atom stereocenters. The Hall–Kier alpha value is -2.31. The Morgan fingerprint density at radius 3 is 2.13 bits per heavy atom. The number of nitrogens with one attached hydrogen (secondary N) is 1. The van der Waals surface area contributed by atoms with Gasteiger partial charge in [0.2, 0.25) is 0 Å². The maximum absolute atomic E-state index is 12.3. The van der Waals surface area contributed by atoms with E-state index >= 15 is 0 Å². The highest BCUT2D eigenvalue weighted by molar-refractivity contribution is 5.72. The third-order valence-electron chi connectivity index (χ3n) is 7.15. The van der Waals surface area contributed by atoms with Gasteiger partial charge in [-0.2, -0.15) is 0 Å². The summed E-state index contributed by atoms with van der Waals surface area (Å²) in [6.07, 6.45) is 4.40. The van der Waals surface area contributed by atoms with Crippen molar-refractivity contribution < 1.29 is 9.47 Å². The molecule has 0 amide bonds. The van der Waals surface area contributed by atoms with Gasteiger partial charge in [-0.1, -0.05) is 0 Å². The van der Waals surface area contributed by atoms with E-state index in [1.165, 1.54) is 25.9 Å². The van der Waals surface area contributed by atoms with Crippen molar-refractivity contribution in [2.75, 3.05) is 40.4 Å². The zero-order valence-electron chi connectivity index (χ0n) is 18.8. The third-order valence-corrected chi connectivity index (χ3v) is 7.15. The predicted molar refractivity (Wildman–Crippen MR) is 120 cm³/mol. The Bertz CT molecular complexity index is 972. The minimum atomic E-state index is 0.0383. The maximum Gasteiger partial charge on any atom is 0.253 e. The van der Waals surface area contributed by atoms with Crippen LogP contribution in [0.15, 0.2) is 23.1 Å². The topological polar surface area (TPSA) is 55.7 Å². The Labute approximate surface area is 178 Å². The van der Waals surface area contributed by atoms with Crippen molar-refractivity contribution in [3.63, 3.8) is 0 Å². The van der Waals surface area contributed by atoms with Crippen molar-refractivity contribution in [1.29, 1.82) is 0 Å². The third kappa shape index (κ3) is 3.63. The van der Waals surface area contributed by atoms with E-state index in [0.717, 1.165) is 59.0 Å². The van der Waals surface area contributed by atoms with E-state index < -0.39 is 0 Å². The number of aryl methyl sites for hydroxylation is 1. The number of hydrogen-bond acceptors (Lipinski definition) is 5. The van der Waals surface area contributed by atoms with Crippen molar-refractivity contribution in [3.8, 4) is 22.6 Å². The van der Waals surface area contributed by atoms with Crippen LogP contribution in [0.4, 0.5) is 0 Å². The van der Waals surface area contributed by atoms with Crippen LogP contribution in [0.2, 0.25) is 0 Å². The zero-order valence-corrected chi connectivity index (χ0v) is 18.8. The number of likely N-dealkylation sites (tertiary alicyclic amines) is 1. The van der Waals surface area contributed by atoms with Crippen molar-refractivity contribution in [2.24, 2.45) is 12.5 Å². The molecule has 4 rings (SSSR count). The Morgan fingerprint density at radius 1 is 1.03 bits per heavy atom. The fourth-order valence-electron chi connectivity index (χ4n) is 4.80. The van der Waals surface area contributed by atoms with Gasteiger partial charge >= 0.3 is 0 Å². The van der Waals surface area contributed by atoms with E-state index in [2.05, 4.69) is 22.3 Å². The number of rotatable bonds is 5. The molecule has 0 unspecified atom stereocenters. The van der Waals surface area contributed by atoms with E-state index in [1.54, 1.807) is 25.8 Å². The molecule has 2 saturated heterocycles. The first kappa shape index (κ1) is 20.9. The molecule has 30 heavy (non-hydrogen) atoms. The second kappa shape index (κ2) is 8.08. The summed E-state index contributed by atoms with van der Waals surface area (Å²) in [4.78, 5) is 14.8. The van der Waals surface area contributed by atoms with Crippen molar-refractivity contribution >= 4 is 0 Å². The van der Waals surface area contributed by atoms with E-state index in [1.807, 2.05) is 20.0 Å². The highest BCUT2D eigenvalue weighted by Gasteiger charge is 2.39. The molecule has 0 bridgehead atoms. The van der Waals surface area contributed by atoms with Gasteiger partial charge in [0.1, 0.15) is 11.5 Å². The molecule has 1 N–H and O–H groups in total. The lowest BCUT2D eigenvalue weighted by molar-refractivity contribution is 0.0514. The summed E-state index contributed by atoms with van der Waals surface area (Å²) in [6, 6.07) is 4.15. The molecule has 0 aliphatic carbocycles. The minimum Gasteiger partial charge on any atom is -0.496 e. The average molecular weight is 412 g/mol. The second-order valence-corrected chi connectivity index (χ2v) is 8.95. The number of nitrogens with zero attached hydrogens (tertiary/aromatic N) is 2. The first-order chi connectivity index (χ1) is 14.4. The van der Waals surface area contributed by atoms with Gasteiger partial charge in [-0.05, 0) is 68.5 Å². The van der Waals surface area contributed by atoms with Gasteiger partial charge in [-0.3, -0.25) is 9.69 Å². The normalized spacial score (nSPS) is 18.3. The Balaban J connectivity index is 1.66. The minimum absolute atomic E-state index is 0.0383. The number of piperidine rings is 1. The van der Waals surface area contributed by atoms with Crippen molar-refractivity contribution in [3.05, 3.63) is 45.4 Å². The summed E-state index contributed by atoms with van der Waals surface area (Å²) in [5, 5.41) is 3.43. The number of benzene rings is 1. The van der Waals surface area contributed by atoms with Gasteiger partial charge in [-0.25, -0.2) is 0 Å². The number of pyridine rings is 1. The molecule has 6 nitrogen and oxygen atoms in total. The standard InChI is InChI=1S/C24H33N3O3/c1-16-17(2)23(28)26(3)12-19(16)18-10-21(29-4)20(22(11-18)30-5)13-27-8-6-24(7-9-27)14-25-15-24/h10-12,25H,6-9,13-15H2,1-5H3. The van der Waals surface area contributed by atoms with Crippen LogP contribution in [0.3, 0.4) is 0 Å². The molecular weight excluding hydrogens is 378 g/mol. The lowest BCUT2D eigenvalue weighted by Gasteiger charge is -2.48. The van der Waals surface area contributed by atoms with Gasteiger partial charge in [-0.15, -0.1) is 0 Å². The Morgan fingerprint density at radius 2 is 1.63 bits per heavy atom. The highest BCUT2D eigenvalue weighted by Crippen LogP contribution is 2.39. The fraction of sp³-hybridized carbons (Fsp3) is 0.542. The van der Waals surface area contributed by atoms with Crippen LogP contribution < -0.4 is 20.3 Å². The molecule has 0 radical (unpaired) electrons. The molecular formula is C24H33N3O3. The van der Waals surface area contributed by atoms with E-state index in [4.69, 9.17) is 9.47 Å². The van der Waals surface area contributed by atoms with Crippen LogP contribution in [0.1, 0.15) is 29.5 Å². The summed E-state index contributed by atoms with van der Waals surface area (Å²) < 4.78 is 13.2. The SMILES string of the molecule is COc1cc(-c2cn(C)c(=O)c(C)c2C)cc(OC)c1CN1CCC2(CC1)CNC2. The molecule has 6 heteroatoms. The Kier molecular flexibility index (Phi) is 5.64. The van der Waals surface area contributed by atoms with Crippen LogP contribution in [-0.2, 0) is 13.6 Å². The van der Waals surface area contributed by atoms with Gasteiger partial charge in [0.25, 0.3) is 5.56 Å². The molecule has 1 spiro atoms. The number of hydrogen-bond donors (Lipinski definition) is 1. The largest absolute Gasteiger partial charge is 0.496 e. The molecule has 2 aliphatic heterocycles. The van der Waals surface area contributed by atoms with Gasteiger partial charge in [0.15, 0.2) is 0 Å². The van der Waals surface area contributed by atoms with Crippen LogP contribution in [-0.4, -0.2) is 49.9 Å². The van der Waals surface area contributed by atoms with Crippen LogP contribution in [0, 0.1) is 19.3 Å². The summed E-state index contributed by atoms with van der Waals surface area (Å²) >= 11 is 0. The predicted octanol–water partition coefficient (Wildman–Crippen LogP) is 2.87. The molecule has 1 aromatic carbocycles. The number of ether oxygens (including phenoxy) is 2. The van der Waals surface area contributed by atoms with Gasteiger partial charge in [0, 0.05) is 44.0 Å². The quantitative estimate of drug-likeness (QED) is 0.820. The van der Waals surface area contributed by atoms with E-state index in [0.29, 0.717) is 5.41 Å². The van der Waals surface area contributed by atoms with Crippen molar-refractivity contribution in [2.45, 2.75) is 33.2 Å². The highest BCUT2D eigenvalue weighted by atomic mass is 16.5. The summed E-state index contributed by atoms with van der Waals surface area (Å²) in [5.74, 6) is 1.67. The zero-order chi connectivity index (χ0) is 21.5. The molecule has 162 valence electrons. The lowest BCUT2D eigenvalue weighted by atomic mass is 9.73. The molecule has 2 aromatic rings. The second-order valence-electron chi connectivity index (χ2n) is 8.95. The van der Waals surface area contributed by atoms with Crippen LogP contribution in [0.5, 0.6) is 11.5 Å². The maximum atomic E-state index is 12.3. The molecule has 3 heterocycles. The molecule has 1 aromatic heterocycles. The van der Waals surface area contributed by atoms with Gasteiger partial charge < -0.3 is 19.4 Å². The number of aromatic nitrogens is 1. The number of methoxy groups -OCH3 is 2. The van der Waals surface area contributed by atoms with E-state index in [9.17, 15) is 4.79 Å². The lowest BCUT2D eigenvalue weighted by Crippen LogP contribution is -2.58. The first-order valence-electron chi connectivity index (χ1n) is 10.7. The first-order valence-corrected chi connectivity index (χ1v) is 10.7. The van der Waals surface area contributed by atoms with Crippen molar-refractivity contribution in [1.82, 2.24) is 14.8 Å². The smallest absolute Gasteiger partial charge is 0.253 e. The molecule has 0 saturated carbocycles. The van der Waals surface area contributed by atoms with Crippen LogP contribution in [0.25, 0.3) is 11.1 Å². The average Bonchev–Trinajstić information content (AvgIpc) is 2.74. The summed E-state index contributed by atoms with van der Waals surface area (Å²) in [5.41, 5.74) is 5.45. The van der Waals surface area contributed by atoms with Gasteiger partial charge in [0.05, 0.1) is 19.8 Å². The van der Waals surface area contributed by atoms with E-state index in [-0.39, 0.29) is 5.56 Å². The molecule has 2 aliphatic rings. The summed E-state index contributed by atoms with van der Waals surface area (Å²) in [7, 11) is 5.22.